The predicted octanol–water partition coefficient (Wildman–Crippen LogP) is 2.29. The lowest BCUT2D eigenvalue weighted by Gasteiger charge is -2.06. The Hall–Kier alpha value is -0.530. The van der Waals surface area contributed by atoms with Crippen LogP contribution < -0.4 is 0 Å². The molecule has 64 valence electrons. The minimum absolute atomic E-state index is 0.0556. The summed E-state index contributed by atoms with van der Waals surface area (Å²) in [4.78, 5) is 10.6. The molecule has 0 heterocycles. The van der Waals surface area contributed by atoms with Gasteiger partial charge >= 0.3 is 5.97 Å². The van der Waals surface area contributed by atoms with Crippen LogP contribution in [0, 0.1) is 11.8 Å². The van der Waals surface area contributed by atoms with Crippen LogP contribution in [0.5, 0.6) is 0 Å². The van der Waals surface area contributed by atoms with Crippen molar-refractivity contribution in [2.24, 2.45) is 11.8 Å². The minimum Gasteiger partial charge on any atom is -0.481 e. The summed E-state index contributed by atoms with van der Waals surface area (Å²) in [6.45, 7) is 2.21. The molecule has 0 aromatic carbocycles. The van der Waals surface area contributed by atoms with Crippen LogP contribution in [0.2, 0.25) is 0 Å². The summed E-state index contributed by atoms with van der Waals surface area (Å²) < 4.78 is 0. The smallest absolute Gasteiger partial charge is 0.306 e. The summed E-state index contributed by atoms with van der Waals surface area (Å²) in [6, 6.07) is 0. The molecule has 2 nitrogen and oxygen atoms in total. The Labute approximate surface area is 67.6 Å². The van der Waals surface area contributed by atoms with Crippen molar-refractivity contribution in [3.05, 3.63) is 0 Å². The fraction of sp³-hybridized carbons (Fsp3) is 0.889. The Morgan fingerprint density at radius 2 is 2.00 bits per heavy atom. The second-order valence-electron chi connectivity index (χ2n) is 3.65. The van der Waals surface area contributed by atoms with E-state index in [0.29, 0.717) is 0 Å². The SMILES string of the molecule is CC1CCCC(C(=O)O)CC1. The maximum Gasteiger partial charge on any atom is 0.306 e. The molecule has 0 bridgehead atoms. The summed E-state index contributed by atoms with van der Waals surface area (Å²) in [5, 5.41) is 8.75. The molecule has 1 saturated carbocycles. The fourth-order valence-electron chi connectivity index (χ4n) is 1.73. The molecule has 2 atom stereocenters. The van der Waals surface area contributed by atoms with E-state index in [1.165, 1.54) is 6.42 Å². The van der Waals surface area contributed by atoms with E-state index in [-0.39, 0.29) is 5.92 Å². The van der Waals surface area contributed by atoms with Crippen molar-refractivity contribution < 1.29 is 9.90 Å². The third-order valence-electron chi connectivity index (χ3n) is 2.61. The number of hydrogen-bond acceptors (Lipinski definition) is 1. The Kier molecular flexibility index (Phi) is 2.92. The van der Waals surface area contributed by atoms with Crippen LogP contribution in [-0.2, 0) is 4.79 Å². The first-order valence-electron chi connectivity index (χ1n) is 4.43. The number of carboxylic acids is 1. The molecule has 0 radical (unpaired) electrons. The highest BCUT2D eigenvalue weighted by Crippen LogP contribution is 2.26. The van der Waals surface area contributed by atoms with Crippen LogP contribution in [0.1, 0.15) is 39.0 Å². The molecule has 0 aromatic rings. The van der Waals surface area contributed by atoms with Gasteiger partial charge in [-0.3, -0.25) is 4.79 Å². The first-order valence-corrected chi connectivity index (χ1v) is 4.43. The van der Waals surface area contributed by atoms with Crippen molar-refractivity contribution in [2.75, 3.05) is 0 Å². The highest BCUT2D eigenvalue weighted by atomic mass is 16.4. The zero-order valence-corrected chi connectivity index (χ0v) is 7.05. The van der Waals surface area contributed by atoms with E-state index < -0.39 is 5.97 Å². The van der Waals surface area contributed by atoms with Gasteiger partial charge in [-0.2, -0.15) is 0 Å². The van der Waals surface area contributed by atoms with E-state index in [4.69, 9.17) is 5.11 Å². The van der Waals surface area contributed by atoms with Crippen LogP contribution >= 0.6 is 0 Å². The molecule has 2 unspecified atom stereocenters. The summed E-state index contributed by atoms with van der Waals surface area (Å²) in [7, 11) is 0. The molecule has 1 aliphatic rings. The zero-order chi connectivity index (χ0) is 8.27. The average molecular weight is 156 g/mol. The van der Waals surface area contributed by atoms with E-state index >= 15 is 0 Å². The highest BCUT2D eigenvalue weighted by molar-refractivity contribution is 5.69. The highest BCUT2D eigenvalue weighted by Gasteiger charge is 2.21. The van der Waals surface area contributed by atoms with E-state index in [9.17, 15) is 4.79 Å². The van der Waals surface area contributed by atoms with E-state index in [1.54, 1.807) is 0 Å². The molecule has 1 N–H and O–H groups in total. The molecule has 0 aromatic heterocycles. The third-order valence-corrected chi connectivity index (χ3v) is 2.61. The first kappa shape index (κ1) is 8.57. The van der Waals surface area contributed by atoms with E-state index in [0.717, 1.165) is 31.6 Å². The van der Waals surface area contributed by atoms with Gasteiger partial charge in [-0.05, 0) is 25.2 Å². The molecule has 11 heavy (non-hydrogen) atoms. The largest absolute Gasteiger partial charge is 0.481 e. The molecular weight excluding hydrogens is 140 g/mol. The molecule has 0 spiro atoms. The molecule has 0 amide bonds. The van der Waals surface area contributed by atoms with Crippen molar-refractivity contribution in [1.29, 1.82) is 0 Å². The van der Waals surface area contributed by atoms with Crippen molar-refractivity contribution in [3.63, 3.8) is 0 Å². The van der Waals surface area contributed by atoms with Crippen LogP contribution in [0.15, 0.2) is 0 Å². The van der Waals surface area contributed by atoms with Crippen LogP contribution in [0.3, 0.4) is 0 Å². The van der Waals surface area contributed by atoms with Gasteiger partial charge in [-0.15, -0.1) is 0 Å². The fourth-order valence-corrected chi connectivity index (χ4v) is 1.73. The summed E-state index contributed by atoms with van der Waals surface area (Å²) in [5.74, 6) is 0.0819. The van der Waals surface area contributed by atoms with Crippen molar-refractivity contribution >= 4 is 5.97 Å². The average Bonchev–Trinajstić information content (AvgIpc) is 2.13. The van der Waals surface area contributed by atoms with Crippen LogP contribution in [0.25, 0.3) is 0 Å². The standard InChI is InChI=1S/C9H16O2/c1-7-3-2-4-8(6-5-7)9(10)11/h7-8H,2-6H2,1H3,(H,10,11). The van der Waals surface area contributed by atoms with Gasteiger partial charge in [0.25, 0.3) is 0 Å². The van der Waals surface area contributed by atoms with Crippen molar-refractivity contribution in [3.8, 4) is 0 Å². The molecule has 2 heteroatoms. The van der Waals surface area contributed by atoms with Crippen LogP contribution in [-0.4, -0.2) is 11.1 Å². The Balaban J connectivity index is 2.40. The maximum absolute atomic E-state index is 10.6. The van der Waals surface area contributed by atoms with Gasteiger partial charge in [0.1, 0.15) is 0 Å². The maximum atomic E-state index is 10.6. The van der Waals surface area contributed by atoms with Gasteiger partial charge in [0.15, 0.2) is 0 Å². The molecule has 1 rings (SSSR count). The molecule has 1 aliphatic carbocycles. The normalized spacial score (nSPS) is 32.8. The molecule has 0 aliphatic heterocycles. The lowest BCUT2D eigenvalue weighted by Crippen LogP contribution is -2.12. The molecular formula is C9H16O2. The number of aliphatic carboxylic acids is 1. The topological polar surface area (TPSA) is 37.3 Å². The van der Waals surface area contributed by atoms with Gasteiger partial charge < -0.3 is 5.11 Å². The van der Waals surface area contributed by atoms with Gasteiger partial charge in [0, 0.05) is 0 Å². The third kappa shape index (κ3) is 2.52. The monoisotopic (exact) mass is 156 g/mol. The molecule has 1 fully saturated rings. The second kappa shape index (κ2) is 3.74. The lowest BCUT2D eigenvalue weighted by molar-refractivity contribution is -0.142. The first-order chi connectivity index (χ1) is 5.20. The Morgan fingerprint density at radius 1 is 1.27 bits per heavy atom. The summed E-state index contributed by atoms with van der Waals surface area (Å²) in [6.07, 6.45) is 5.18. The predicted molar refractivity (Wildman–Crippen MR) is 43.4 cm³/mol. The Bertz CT molecular complexity index is 142. The quantitative estimate of drug-likeness (QED) is 0.591. The number of hydrogen-bond donors (Lipinski definition) is 1. The Morgan fingerprint density at radius 3 is 2.64 bits per heavy atom. The summed E-state index contributed by atoms with van der Waals surface area (Å²) in [5.41, 5.74) is 0. The lowest BCUT2D eigenvalue weighted by atomic mass is 10.00. The molecule has 0 saturated heterocycles. The van der Waals surface area contributed by atoms with Gasteiger partial charge in [0.05, 0.1) is 5.92 Å². The minimum atomic E-state index is -0.598. The van der Waals surface area contributed by atoms with Gasteiger partial charge in [-0.25, -0.2) is 0 Å². The van der Waals surface area contributed by atoms with Crippen molar-refractivity contribution in [1.82, 2.24) is 0 Å². The number of carbonyl (C=O) groups is 1. The van der Waals surface area contributed by atoms with Gasteiger partial charge in [-0.1, -0.05) is 19.8 Å². The number of carboxylic acid groups (broad SMARTS) is 1. The van der Waals surface area contributed by atoms with E-state index in [2.05, 4.69) is 6.92 Å². The van der Waals surface area contributed by atoms with Crippen LogP contribution in [0.4, 0.5) is 0 Å². The number of rotatable bonds is 1. The van der Waals surface area contributed by atoms with Crippen molar-refractivity contribution in [2.45, 2.75) is 39.0 Å². The van der Waals surface area contributed by atoms with E-state index in [1.807, 2.05) is 0 Å². The second-order valence-corrected chi connectivity index (χ2v) is 3.65. The van der Waals surface area contributed by atoms with Gasteiger partial charge in [0.2, 0.25) is 0 Å². The zero-order valence-electron chi connectivity index (χ0n) is 7.05. The summed E-state index contributed by atoms with van der Waals surface area (Å²) >= 11 is 0.